The Bertz CT molecular complexity index is 1060. The summed E-state index contributed by atoms with van der Waals surface area (Å²) in [5.41, 5.74) is 0.409. The number of Topliss-reactive ketones (excluding diaryl/α,β-unsaturated/α-hetero) is 1. The molecule has 0 aliphatic heterocycles. The van der Waals surface area contributed by atoms with Crippen molar-refractivity contribution in [3.05, 3.63) is 67.5 Å². The number of aromatic hydroxyl groups is 1. The molecule has 0 aliphatic carbocycles. The molecular weight excluding hydrogens is 342 g/mol. The van der Waals surface area contributed by atoms with E-state index in [-0.39, 0.29) is 22.9 Å². The van der Waals surface area contributed by atoms with Gasteiger partial charge in [0.1, 0.15) is 0 Å². The van der Waals surface area contributed by atoms with Crippen LogP contribution >= 0.6 is 11.3 Å². The van der Waals surface area contributed by atoms with Crippen LogP contribution in [0, 0.1) is 0 Å². The van der Waals surface area contributed by atoms with Crippen molar-refractivity contribution in [2.45, 2.75) is 6.92 Å². The zero-order valence-corrected chi connectivity index (χ0v) is 14.1. The molecule has 0 unspecified atom stereocenters. The standard InChI is InChI=1S/C18H15NO5S/c1-2-23-15-8-11(5-6-12(15)20)9-16-18(22)19-17(25-16)10-13(21)14-4-3-7-24-14/h3-10,20H,2H2,1H3,(H,19,22). The molecule has 2 N–H and O–H groups in total. The van der Waals surface area contributed by atoms with Crippen LogP contribution in [0.1, 0.15) is 23.0 Å². The smallest absolute Gasteiger partial charge is 0.266 e. The second-order valence-electron chi connectivity index (χ2n) is 5.08. The molecule has 128 valence electrons. The number of aromatic amines is 1. The topological polar surface area (TPSA) is 92.5 Å². The first-order valence-electron chi connectivity index (χ1n) is 7.53. The Morgan fingerprint density at radius 2 is 2.24 bits per heavy atom. The molecule has 3 aromatic rings. The number of thiazole rings is 1. The van der Waals surface area contributed by atoms with Gasteiger partial charge in [-0.2, -0.15) is 0 Å². The molecule has 0 bridgehead atoms. The van der Waals surface area contributed by atoms with Crippen molar-refractivity contribution in [1.82, 2.24) is 4.98 Å². The van der Waals surface area contributed by atoms with E-state index in [1.807, 2.05) is 6.92 Å². The van der Waals surface area contributed by atoms with Crippen LogP contribution in [0.5, 0.6) is 11.5 Å². The van der Waals surface area contributed by atoms with Crippen molar-refractivity contribution in [3.8, 4) is 11.5 Å². The zero-order valence-electron chi connectivity index (χ0n) is 13.3. The Kier molecular flexibility index (Phi) is 4.85. The van der Waals surface area contributed by atoms with Crippen LogP contribution < -0.4 is 19.5 Å². The fraction of sp³-hybridized carbons (Fsp3) is 0.111. The van der Waals surface area contributed by atoms with Gasteiger partial charge in [0.2, 0.25) is 5.78 Å². The Labute approximate surface area is 146 Å². The van der Waals surface area contributed by atoms with Gasteiger partial charge in [-0.1, -0.05) is 6.07 Å². The highest BCUT2D eigenvalue weighted by molar-refractivity contribution is 7.07. The molecule has 0 aliphatic rings. The summed E-state index contributed by atoms with van der Waals surface area (Å²) in [7, 11) is 0. The third kappa shape index (κ3) is 3.89. The summed E-state index contributed by atoms with van der Waals surface area (Å²) in [6.45, 7) is 2.24. The number of furan rings is 1. The van der Waals surface area contributed by atoms with Crippen LogP contribution in [0.3, 0.4) is 0 Å². The third-order valence-electron chi connectivity index (χ3n) is 3.29. The Hall–Kier alpha value is -3.06. The number of ketones is 1. The van der Waals surface area contributed by atoms with Gasteiger partial charge in [0.05, 0.1) is 22.1 Å². The highest BCUT2D eigenvalue weighted by Gasteiger charge is 2.06. The van der Waals surface area contributed by atoms with Gasteiger partial charge >= 0.3 is 0 Å². The number of nitrogens with one attached hydrogen (secondary N) is 1. The van der Waals surface area contributed by atoms with Crippen molar-refractivity contribution in [2.75, 3.05) is 6.61 Å². The number of aromatic nitrogens is 1. The average molecular weight is 357 g/mol. The van der Waals surface area contributed by atoms with Crippen LogP contribution in [-0.2, 0) is 0 Å². The first kappa shape index (κ1) is 16.8. The van der Waals surface area contributed by atoms with Crippen LogP contribution in [0.2, 0.25) is 0 Å². The Balaban J connectivity index is 1.98. The quantitative estimate of drug-likeness (QED) is 0.677. The molecule has 25 heavy (non-hydrogen) atoms. The third-order valence-corrected chi connectivity index (χ3v) is 4.25. The predicted molar refractivity (Wildman–Crippen MR) is 94.5 cm³/mol. The van der Waals surface area contributed by atoms with Crippen LogP contribution in [0.4, 0.5) is 0 Å². The number of phenols is 1. The van der Waals surface area contributed by atoms with Crippen molar-refractivity contribution < 1.29 is 19.1 Å². The average Bonchev–Trinajstić information content (AvgIpc) is 3.22. The summed E-state index contributed by atoms with van der Waals surface area (Å²) in [5.74, 6) is 0.276. The lowest BCUT2D eigenvalue weighted by Crippen LogP contribution is -2.20. The summed E-state index contributed by atoms with van der Waals surface area (Å²) in [5, 5.41) is 9.72. The monoisotopic (exact) mass is 357 g/mol. The van der Waals surface area contributed by atoms with Gasteiger partial charge in [0.25, 0.3) is 5.56 Å². The van der Waals surface area contributed by atoms with Crippen LogP contribution in [-0.4, -0.2) is 22.5 Å². The molecule has 0 saturated heterocycles. The number of hydrogen-bond donors (Lipinski definition) is 2. The normalized spacial score (nSPS) is 12.5. The lowest BCUT2D eigenvalue weighted by molar-refractivity contribution is 0.103. The summed E-state index contributed by atoms with van der Waals surface area (Å²) in [6.07, 6.45) is 4.41. The van der Waals surface area contributed by atoms with Gasteiger partial charge in [0, 0.05) is 6.08 Å². The lowest BCUT2D eigenvalue weighted by Gasteiger charge is -2.05. The maximum absolute atomic E-state index is 12.1. The molecule has 7 heteroatoms. The van der Waals surface area contributed by atoms with Crippen molar-refractivity contribution >= 4 is 29.3 Å². The first-order valence-corrected chi connectivity index (χ1v) is 8.34. The number of benzene rings is 1. The van der Waals surface area contributed by atoms with E-state index in [0.717, 1.165) is 11.3 Å². The molecule has 0 amide bonds. The summed E-state index contributed by atoms with van der Waals surface area (Å²) in [6, 6.07) is 8.01. The molecule has 0 radical (unpaired) electrons. The summed E-state index contributed by atoms with van der Waals surface area (Å²) in [4.78, 5) is 26.7. The Morgan fingerprint density at radius 1 is 1.40 bits per heavy atom. The fourth-order valence-electron chi connectivity index (χ4n) is 2.18. The number of phenolic OH excluding ortho intramolecular Hbond substituents is 1. The van der Waals surface area contributed by atoms with E-state index in [2.05, 4.69) is 4.98 Å². The van der Waals surface area contributed by atoms with Crippen molar-refractivity contribution in [3.63, 3.8) is 0 Å². The number of ether oxygens (including phenoxy) is 1. The largest absolute Gasteiger partial charge is 0.504 e. The molecular formula is C18H15NO5S. The first-order chi connectivity index (χ1) is 12.1. The minimum atomic E-state index is -0.322. The number of H-pyrrole nitrogens is 1. The molecule has 0 fully saturated rings. The molecule has 3 rings (SSSR count). The van der Waals surface area contributed by atoms with E-state index >= 15 is 0 Å². The molecule has 0 spiro atoms. The molecule has 2 heterocycles. The Morgan fingerprint density at radius 3 is 2.96 bits per heavy atom. The number of carbonyl (C=O) groups is 1. The van der Waals surface area contributed by atoms with Gasteiger partial charge in [-0.3, -0.25) is 9.59 Å². The predicted octanol–water partition coefficient (Wildman–Crippen LogP) is 1.63. The van der Waals surface area contributed by atoms with Crippen molar-refractivity contribution in [2.24, 2.45) is 0 Å². The molecule has 1 aromatic carbocycles. The van der Waals surface area contributed by atoms with E-state index in [0.29, 0.717) is 27.1 Å². The van der Waals surface area contributed by atoms with E-state index in [1.54, 1.807) is 30.3 Å². The van der Waals surface area contributed by atoms with Gasteiger partial charge in [-0.15, -0.1) is 11.3 Å². The van der Waals surface area contributed by atoms with E-state index < -0.39 is 0 Å². The van der Waals surface area contributed by atoms with Crippen LogP contribution in [0.15, 0.2) is 45.8 Å². The highest BCUT2D eigenvalue weighted by Crippen LogP contribution is 2.26. The molecule has 2 aromatic heterocycles. The van der Waals surface area contributed by atoms with Crippen molar-refractivity contribution in [1.29, 1.82) is 0 Å². The van der Waals surface area contributed by atoms with E-state index in [9.17, 15) is 14.7 Å². The summed E-state index contributed by atoms with van der Waals surface area (Å²) < 4.78 is 11.2. The SMILES string of the molecule is CCOc1cc(C=c2sc(=CC(=O)c3ccco3)[nH]c2=O)ccc1O. The minimum absolute atomic E-state index is 0.0390. The minimum Gasteiger partial charge on any atom is -0.504 e. The molecule has 0 atom stereocenters. The maximum atomic E-state index is 12.1. The second-order valence-corrected chi connectivity index (χ2v) is 6.16. The number of hydrogen-bond acceptors (Lipinski definition) is 6. The summed E-state index contributed by atoms with van der Waals surface area (Å²) >= 11 is 1.16. The van der Waals surface area contributed by atoms with E-state index in [4.69, 9.17) is 9.15 Å². The molecule has 6 nitrogen and oxygen atoms in total. The maximum Gasteiger partial charge on any atom is 0.266 e. The van der Waals surface area contributed by atoms with E-state index in [1.165, 1.54) is 18.4 Å². The lowest BCUT2D eigenvalue weighted by atomic mass is 10.2. The number of carbonyl (C=O) groups excluding carboxylic acids is 1. The van der Waals surface area contributed by atoms with Gasteiger partial charge in [-0.05, 0) is 42.8 Å². The fourth-order valence-corrected chi connectivity index (χ4v) is 3.06. The van der Waals surface area contributed by atoms with Crippen LogP contribution in [0.25, 0.3) is 12.2 Å². The second kappa shape index (κ2) is 7.23. The van der Waals surface area contributed by atoms with Gasteiger partial charge < -0.3 is 19.2 Å². The molecule has 0 saturated carbocycles. The number of rotatable bonds is 5. The zero-order chi connectivity index (χ0) is 17.8. The van der Waals surface area contributed by atoms with Gasteiger partial charge in [0.15, 0.2) is 17.3 Å². The van der Waals surface area contributed by atoms with Gasteiger partial charge in [-0.25, -0.2) is 0 Å². The highest BCUT2D eigenvalue weighted by atomic mass is 32.1.